The largest absolute Gasteiger partial charge is 0.504 e. The van der Waals surface area contributed by atoms with Crippen LogP contribution in [0.4, 0.5) is 0 Å². The topological polar surface area (TPSA) is 227 Å². The SMILES string of the molecule is COc1cc(C(=O)OCCCCN=C(N)N)cc(OC)c1O.O=C(O)c1cc(O)c(O)c(O)c1. The Morgan fingerprint density at radius 2 is 1.38 bits per heavy atom. The molecule has 0 amide bonds. The summed E-state index contributed by atoms with van der Waals surface area (Å²) in [5, 5.41) is 44.7. The van der Waals surface area contributed by atoms with Gasteiger partial charge in [0.2, 0.25) is 5.75 Å². The summed E-state index contributed by atoms with van der Waals surface area (Å²) < 4.78 is 15.1. The van der Waals surface area contributed by atoms with Crippen LogP contribution in [0.3, 0.4) is 0 Å². The van der Waals surface area contributed by atoms with Crippen molar-refractivity contribution in [3.05, 3.63) is 35.4 Å². The molecule has 0 atom stereocenters. The maximum absolute atomic E-state index is 12.0. The van der Waals surface area contributed by atoms with Gasteiger partial charge in [-0.05, 0) is 37.1 Å². The van der Waals surface area contributed by atoms with E-state index in [9.17, 15) is 14.7 Å². The quantitative estimate of drug-likeness (QED) is 0.0878. The molecule has 2 aromatic rings. The number of unbranched alkanes of at least 4 members (excludes halogenated alkanes) is 1. The number of carboxylic acids is 1. The van der Waals surface area contributed by atoms with Crippen LogP contribution in [0.5, 0.6) is 34.5 Å². The van der Waals surface area contributed by atoms with Gasteiger partial charge in [0.25, 0.3) is 0 Å². The third kappa shape index (κ3) is 8.18. The number of hydrogen-bond acceptors (Lipinski definition) is 10. The van der Waals surface area contributed by atoms with Crippen LogP contribution in [0.1, 0.15) is 33.6 Å². The van der Waals surface area contributed by atoms with Crippen molar-refractivity contribution in [3.63, 3.8) is 0 Å². The van der Waals surface area contributed by atoms with E-state index in [4.69, 9.17) is 46.1 Å². The lowest BCUT2D eigenvalue weighted by atomic mass is 10.2. The molecule has 0 aliphatic carbocycles. The molecule has 9 N–H and O–H groups in total. The summed E-state index contributed by atoms with van der Waals surface area (Å²) in [6.45, 7) is 0.727. The summed E-state index contributed by atoms with van der Waals surface area (Å²) in [6.07, 6.45) is 1.34. The minimum atomic E-state index is -1.29. The molecule has 0 spiro atoms. The molecule has 0 aliphatic rings. The molecule has 0 aromatic heterocycles. The number of carboxylic acid groups (broad SMARTS) is 1. The second-order valence-electron chi connectivity index (χ2n) is 6.55. The Morgan fingerprint density at radius 1 is 0.853 bits per heavy atom. The number of ether oxygens (including phenoxy) is 3. The average Bonchev–Trinajstić information content (AvgIpc) is 2.79. The molecule has 0 heterocycles. The van der Waals surface area contributed by atoms with E-state index in [0.717, 1.165) is 12.1 Å². The van der Waals surface area contributed by atoms with Crippen LogP contribution in [0.2, 0.25) is 0 Å². The highest BCUT2D eigenvalue weighted by Gasteiger charge is 2.16. The first kappa shape index (κ1) is 27.5. The molecule has 2 rings (SSSR count). The summed E-state index contributed by atoms with van der Waals surface area (Å²) in [5.41, 5.74) is 10.3. The Kier molecular flexibility index (Phi) is 10.6. The summed E-state index contributed by atoms with van der Waals surface area (Å²) >= 11 is 0. The molecule has 13 nitrogen and oxygen atoms in total. The predicted octanol–water partition coefficient (Wildman–Crippen LogP) is 1.12. The molecule has 34 heavy (non-hydrogen) atoms. The number of hydrogen-bond donors (Lipinski definition) is 7. The van der Waals surface area contributed by atoms with Crippen LogP contribution < -0.4 is 20.9 Å². The Balaban J connectivity index is 0.000000404. The van der Waals surface area contributed by atoms with Crippen LogP contribution >= 0.6 is 0 Å². The van der Waals surface area contributed by atoms with Gasteiger partial charge in [-0.2, -0.15) is 0 Å². The van der Waals surface area contributed by atoms with E-state index in [1.54, 1.807) is 0 Å². The monoisotopic (exact) mass is 481 g/mol. The number of guanidine groups is 1. The van der Waals surface area contributed by atoms with Crippen molar-refractivity contribution in [1.82, 2.24) is 0 Å². The van der Waals surface area contributed by atoms with Crippen LogP contribution in [-0.2, 0) is 4.74 Å². The van der Waals surface area contributed by atoms with Crippen molar-refractivity contribution in [3.8, 4) is 34.5 Å². The zero-order chi connectivity index (χ0) is 25.8. The van der Waals surface area contributed by atoms with Crippen molar-refractivity contribution < 1.29 is 49.3 Å². The average molecular weight is 481 g/mol. The van der Waals surface area contributed by atoms with Gasteiger partial charge in [0.1, 0.15) is 0 Å². The smallest absolute Gasteiger partial charge is 0.338 e. The Bertz CT molecular complexity index is 987. The highest BCUT2D eigenvalue weighted by molar-refractivity contribution is 5.91. The first-order chi connectivity index (χ1) is 16.0. The standard InChI is InChI=1S/C14H21N3O5.C7H6O5/c1-20-10-7-9(8-11(21-2)12(10)18)13(19)22-6-4-3-5-17-14(15)16;8-4-1-3(7(11)12)2-5(9)6(4)10/h7-8,18H,3-6H2,1-2H3,(H4,15,16,17);1-2,8-10H,(H,11,12). The summed E-state index contributed by atoms with van der Waals surface area (Å²) in [6, 6.07) is 4.47. The van der Waals surface area contributed by atoms with E-state index < -0.39 is 29.2 Å². The molecule has 0 radical (unpaired) electrons. The maximum Gasteiger partial charge on any atom is 0.338 e. The first-order valence-corrected chi connectivity index (χ1v) is 9.67. The number of esters is 1. The predicted molar refractivity (Wildman–Crippen MR) is 120 cm³/mol. The minimum Gasteiger partial charge on any atom is -0.504 e. The van der Waals surface area contributed by atoms with Gasteiger partial charge in [-0.3, -0.25) is 4.99 Å². The summed E-state index contributed by atoms with van der Waals surface area (Å²) in [7, 11) is 2.76. The molecule has 0 saturated carbocycles. The molecule has 0 fully saturated rings. The number of aromatic carboxylic acids is 1. The minimum absolute atomic E-state index is 0.0419. The summed E-state index contributed by atoms with van der Waals surface area (Å²) in [4.78, 5) is 26.1. The number of phenols is 4. The number of phenolic OH excluding ortho intramolecular Hbond substituents is 4. The number of carbonyl (C=O) groups is 2. The maximum atomic E-state index is 12.0. The zero-order valence-corrected chi connectivity index (χ0v) is 18.5. The highest BCUT2D eigenvalue weighted by atomic mass is 16.5. The molecule has 0 aliphatic heterocycles. The molecule has 0 bridgehead atoms. The Hall–Kier alpha value is -4.55. The fourth-order valence-corrected chi connectivity index (χ4v) is 2.41. The van der Waals surface area contributed by atoms with Gasteiger partial charge in [0.15, 0.2) is 34.7 Å². The molecular weight excluding hydrogens is 454 g/mol. The number of carbonyl (C=O) groups excluding carboxylic acids is 1. The number of nitrogens with two attached hydrogens (primary N) is 2. The van der Waals surface area contributed by atoms with Gasteiger partial charge in [0.05, 0.1) is 32.0 Å². The van der Waals surface area contributed by atoms with Crippen LogP contribution in [-0.4, -0.2) is 70.8 Å². The molecule has 0 saturated heterocycles. The number of aliphatic imine (C=N–C) groups is 1. The number of benzene rings is 2. The van der Waals surface area contributed by atoms with E-state index in [1.807, 2.05) is 0 Å². The van der Waals surface area contributed by atoms with Gasteiger partial charge in [-0.15, -0.1) is 0 Å². The highest BCUT2D eigenvalue weighted by Crippen LogP contribution is 2.37. The van der Waals surface area contributed by atoms with Crippen molar-refractivity contribution in [1.29, 1.82) is 0 Å². The Labute approximate surface area is 194 Å². The van der Waals surface area contributed by atoms with Crippen LogP contribution in [0.25, 0.3) is 0 Å². The number of rotatable bonds is 9. The number of nitrogens with zero attached hydrogens (tertiary/aromatic N) is 1. The third-order valence-corrected chi connectivity index (χ3v) is 4.11. The molecular formula is C21H27N3O10. The lowest BCUT2D eigenvalue weighted by Gasteiger charge is -2.11. The second-order valence-corrected chi connectivity index (χ2v) is 6.55. The van der Waals surface area contributed by atoms with E-state index in [0.29, 0.717) is 19.4 Å². The van der Waals surface area contributed by atoms with E-state index in [2.05, 4.69) is 4.99 Å². The van der Waals surface area contributed by atoms with Crippen molar-refractivity contribution in [2.45, 2.75) is 12.8 Å². The van der Waals surface area contributed by atoms with Gasteiger partial charge in [-0.25, -0.2) is 9.59 Å². The van der Waals surface area contributed by atoms with Gasteiger partial charge in [-0.1, -0.05) is 0 Å². The second kappa shape index (κ2) is 13.1. The van der Waals surface area contributed by atoms with Crippen molar-refractivity contribution in [2.24, 2.45) is 16.5 Å². The van der Waals surface area contributed by atoms with Crippen molar-refractivity contribution >= 4 is 17.9 Å². The molecule has 2 aromatic carbocycles. The fourth-order valence-electron chi connectivity index (χ4n) is 2.41. The number of aromatic hydroxyl groups is 4. The van der Waals surface area contributed by atoms with Gasteiger partial charge >= 0.3 is 11.9 Å². The lowest BCUT2D eigenvalue weighted by molar-refractivity contribution is 0.0497. The van der Waals surface area contributed by atoms with E-state index in [1.165, 1.54) is 26.4 Å². The summed E-state index contributed by atoms with van der Waals surface area (Å²) in [5.74, 6) is -3.71. The third-order valence-electron chi connectivity index (χ3n) is 4.11. The Morgan fingerprint density at radius 3 is 1.82 bits per heavy atom. The fraction of sp³-hybridized carbons (Fsp3) is 0.286. The van der Waals surface area contributed by atoms with Crippen LogP contribution in [0, 0.1) is 0 Å². The zero-order valence-electron chi connectivity index (χ0n) is 18.5. The van der Waals surface area contributed by atoms with Crippen molar-refractivity contribution in [2.75, 3.05) is 27.4 Å². The van der Waals surface area contributed by atoms with E-state index in [-0.39, 0.29) is 40.9 Å². The number of methoxy groups -OCH3 is 2. The van der Waals surface area contributed by atoms with Crippen LogP contribution in [0.15, 0.2) is 29.3 Å². The molecule has 13 heteroatoms. The first-order valence-electron chi connectivity index (χ1n) is 9.67. The van der Waals surface area contributed by atoms with Gasteiger partial charge < -0.3 is 51.2 Å². The molecule has 0 unspecified atom stereocenters. The molecule has 186 valence electrons. The van der Waals surface area contributed by atoms with E-state index >= 15 is 0 Å². The lowest BCUT2D eigenvalue weighted by Crippen LogP contribution is -2.23. The van der Waals surface area contributed by atoms with Gasteiger partial charge in [0, 0.05) is 6.54 Å². The normalized spacial score (nSPS) is 9.82.